The smallest absolute Gasteiger partial charge is 0.295 e. The molecule has 0 atom stereocenters. The van der Waals surface area contributed by atoms with Crippen LogP contribution >= 0.6 is 0 Å². The molecule has 0 fully saturated rings. The lowest BCUT2D eigenvalue weighted by Crippen LogP contribution is -2.31. The highest BCUT2D eigenvalue weighted by molar-refractivity contribution is 5.96. The molecule has 0 unspecified atom stereocenters. The van der Waals surface area contributed by atoms with Crippen LogP contribution in [0.2, 0.25) is 0 Å². The van der Waals surface area contributed by atoms with Gasteiger partial charge in [-0.3, -0.25) is 14.9 Å². The number of fused-ring (bicyclic) bond motifs is 1. The highest BCUT2D eigenvalue weighted by Gasteiger charge is 2.15. The van der Waals surface area contributed by atoms with E-state index in [1.54, 1.807) is 19.1 Å². The van der Waals surface area contributed by atoms with Gasteiger partial charge in [-0.2, -0.15) is 0 Å². The first-order valence-corrected chi connectivity index (χ1v) is 7.46. The zero-order valence-electron chi connectivity index (χ0n) is 13.4. The second kappa shape index (κ2) is 7.04. The first-order valence-electron chi connectivity index (χ1n) is 7.46. The van der Waals surface area contributed by atoms with E-state index < -0.39 is 4.92 Å². The monoisotopic (exact) mass is 316 g/mol. The Morgan fingerprint density at radius 2 is 2.09 bits per heavy atom. The molecule has 122 valence electrons. The lowest BCUT2D eigenvalue weighted by Gasteiger charge is -2.12. The van der Waals surface area contributed by atoms with Gasteiger partial charge in [0.25, 0.3) is 5.69 Å². The third-order valence-electron chi connectivity index (χ3n) is 3.41. The minimum Gasteiger partial charge on any atom is -0.383 e. The van der Waals surface area contributed by atoms with Gasteiger partial charge >= 0.3 is 0 Å². The van der Waals surface area contributed by atoms with Crippen LogP contribution in [0.15, 0.2) is 24.3 Å². The van der Waals surface area contributed by atoms with Gasteiger partial charge in [0, 0.05) is 41.8 Å². The zero-order chi connectivity index (χ0) is 17.0. The maximum absolute atomic E-state index is 11.5. The van der Waals surface area contributed by atoms with E-state index in [0.717, 1.165) is 5.69 Å². The minimum atomic E-state index is -0.429. The number of nitro groups is 1. The van der Waals surface area contributed by atoms with Crippen LogP contribution < -0.4 is 10.6 Å². The molecule has 0 aliphatic rings. The van der Waals surface area contributed by atoms with Crippen molar-refractivity contribution in [2.75, 3.05) is 18.4 Å². The van der Waals surface area contributed by atoms with E-state index in [0.29, 0.717) is 29.7 Å². The molecule has 1 aromatic carbocycles. The fourth-order valence-electron chi connectivity index (χ4n) is 2.24. The first-order chi connectivity index (χ1) is 10.9. The molecule has 1 aromatic heterocycles. The Bertz CT molecular complexity index is 743. The number of rotatable bonds is 6. The van der Waals surface area contributed by atoms with Gasteiger partial charge in [-0.25, -0.2) is 4.98 Å². The number of carbonyl (C=O) groups is 1. The topological polar surface area (TPSA) is 97.2 Å². The van der Waals surface area contributed by atoms with Crippen LogP contribution in [-0.4, -0.2) is 28.9 Å². The minimum absolute atomic E-state index is 0.00166. The van der Waals surface area contributed by atoms with Gasteiger partial charge in [0.1, 0.15) is 0 Å². The molecular weight excluding hydrogens is 296 g/mol. The van der Waals surface area contributed by atoms with Crippen molar-refractivity contribution in [1.29, 1.82) is 0 Å². The molecule has 0 spiro atoms. The number of amides is 1. The molecule has 2 aromatic rings. The summed E-state index contributed by atoms with van der Waals surface area (Å²) in [4.78, 5) is 26.5. The van der Waals surface area contributed by atoms with E-state index in [9.17, 15) is 14.9 Å². The van der Waals surface area contributed by atoms with Gasteiger partial charge in [0.15, 0.2) is 5.52 Å². The normalized spacial score (nSPS) is 10.8. The van der Waals surface area contributed by atoms with Gasteiger partial charge < -0.3 is 10.6 Å². The average molecular weight is 316 g/mol. The van der Waals surface area contributed by atoms with E-state index in [-0.39, 0.29) is 17.5 Å². The van der Waals surface area contributed by atoms with Gasteiger partial charge in [0.05, 0.1) is 4.92 Å². The molecule has 7 nitrogen and oxygen atoms in total. The number of pyridine rings is 1. The van der Waals surface area contributed by atoms with E-state index in [2.05, 4.69) is 15.6 Å². The molecular formula is C16H20N4O3. The quantitative estimate of drug-likeness (QED) is 0.485. The Hall–Kier alpha value is -2.70. The maximum atomic E-state index is 11.5. The zero-order valence-corrected chi connectivity index (χ0v) is 13.4. The van der Waals surface area contributed by atoms with Gasteiger partial charge in [-0.15, -0.1) is 0 Å². The van der Waals surface area contributed by atoms with Crippen molar-refractivity contribution in [3.05, 3.63) is 40.1 Å². The number of carbonyl (C=O) groups excluding carboxylic acids is 1. The standard InChI is InChI=1S/C16H20N4O3/c1-10(2)16(21)18-8-7-17-13-9-11(3)19-15-12(13)5-4-6-14(15)20(22)23/h4-6,9-10H,7-8H2,1-3H3,(H,17,19)(H,18,21). The molecule has 2 N–H and O–H groups in total. The van der Waals surface area contributed by atoms with Crippen LogP contribution in [0.25, 0.3) is 10.9 Å². The molecule has 0 radical (unpaired) electrons. The predicted octanol–water partition coefficient (Wildman–Crippen LogP) is 2.64. The van der Waals surface area contributed by atoms with Crippen LogP contribution in [0.4, 0.5) is 11.4 Å². The Kier molecular flexibility index (Phi) is 5.10. The molecule has 1 heterocycles. The number of nitrogens with one attached hydrogen (secondary N) is 2. The maximum Gasteiger partial charge on any atom is 0.295 e. The second-order valence-electron chi connectivity index (χ2n) is 5.61. The van der Waals surface area contributed by atoms with E-state index in [1.807, 2.05) is 19.9 Å². The van der Waals surface area contributed by atoms with E-state index >= 15 is 0 Å². The summed E-state index contributed by atoms with van der Waals surface area (Å²) in [5, 5.41) is 17.9. The van der Waals surface area contributed by atoms with Gasteiger partial charge in [0.2, 0.25) is 5.91 Å². The van der Waals surface area contributed by atoms with Crippen molar-refractivity contribution in [3.63, 3.8) is 0 Å². The van der Waals surface area contributed by atoms with Crippen molar-refractivity contribution in [1.82, 2.24) is 10.3 Å². The SMILES string of the molecule is Cc1cc(NCCNC(=O)C(C)C)c2cccc([N+](=O)[O-])c2n1. The largest absolute Gasteiger partial charge is 0.383 e. The Morgan fingerprint density at radius 3 is 2.74 bits per heavy atom. The van der Waals surface area contributed by atoms with Crippen molar-refractivity contribution in [2.45, 2.75) is 20.8 Å². The highest BCUT2D eigenvalue weighted by Crippen LogP contribution is 2.29. The van der Waals surface area contributed by atoms with Crippen LogP contribution in [0.3, 0.4) is 0 Å². The Morgan fingerprint density at radius 1 is 1.35 bits per heavy atom. The molecule has 0 saturated carbocycles. The van der Waals surface area contributed by atoms with Crippen LogP contribution in [0, 0.1) is 23.0 Å². The number of anilines is 1. The van der Waals surface area contributed by atoms with Crippen molar-refractivity contribution < 1.29 is 9.72 Å². The lowest BCUT2D eigenvalue weighted by atomic mass is 10.1. The fraction of sp³-hybridized carbons (Fsp3) is 0.375. The van der Waals surface area contributed by atoms with E-state index in [1.165, 1.54) is 6.07 Å². The Balaban J connectivity index is 2.19. The van der Waals surface area contributed by atoms with Crippen molar-refractivity contribution in [2.24, 2.45) is 5.92 Å². The summed E-state index contributed by atoms with van der Waals surface area (Å²) in [7, 11) is 0. The number of para-hydroxylation sites is 1. The molecule has 23 heavy (non-hydrogen) atoms. The third-order valence-corrected chi connectivity index (χ3v) is 3.41. The lowest BCUT2D eigenvalue weighted by molar-refractivity contribution is -0.383. The Labute approximate surface area is 134 Å². The molecule has 7 heteroatoms. The van der Waals surface area contributed by atoms with Crippen LogP contribution in [0.1, 0.15) is 19.5 Å². The first kappa shape index (κ1) is 16.7. The fourth-order valence-corrected chi connectivity index (χ4v) is 2.24. The summed E-state index contributed by atoms with van der Waals surface area (Å²) in [5.41, 5.74) is 1.82. The highest BCUT2D eigenvalue weighted by atomic mass is 16.6. The van der Waals surface area contributed by atoms with E-state index in [4.69, 9.17) is 0 Å². The molecule has 2 rings (SSSR count). The molecule has 0 aliphatic heterocycles. The number of aryl methyl sites for hydroxylation is 1. The summed E-state index contributed by atoms with van der Waals surface area (Å²) in [6.07, 6.45) is 0. The summed E-state index contributed by atoms with van der Waals surface area (Å²) < 4.78 is 0. The van der Waals surface area contributed by atoms with Crippen molar-refractivity contribution >= 4 is 28.2 Å². The summed E-state index contributed by atoms with van der Waals surface area (Å²) in [6.45, 7) is 6.47. The number of hydrogen-bond donors (Lipinski definition) is 2. The van der Waals surface area contributed by atoms with Gasteiger partial charge in [-0.1, -0.05) is 26.0 Å². The number of hydrogen-bond acceptors (Lipinski definition) is 5. The number of non-ortho nitro benzene ring substituents is 1. The number of nitro benzene ring substituents is 1. The average Bonchev–Trinajstić information content (AvgIpc) is 2.50. The number of benzene rings is 1. The second-order valence-corrected chi connectivity index (χ2v) is 5.61. The van der Waals surface area contributed by atoms with Crippen molar-refractivity contribution in [3.8, 4) is 0 Å². The number of aromatic nitrogens is 1. The summed E-state index contributed by atoms with van der Waals surface area (Å²) >= 11 is 0. The summed E-state index contributed by atoms with van der Waals surface area (Å²) in [6, 6.07) is 6.73. The number of nitrogens with zero attached hydrogens (tertiary/aromatic N) is 2. The molecule has 0 bridgehead atoms. The molecule has 0 aliphatic carbocycles. The summed E-state index contributed by atoms with van der Waals surface area (Å²) in [5.74, 6) is -0.0557. The molecule has 0 saturated heterocycles. The molecule has 1 amide bonds. The van der Waals surface area contributed by atoms with Crippen LogP contribution in [0.5, 0.6) is 0 Å². The predicted molar refractivity (Wildman–Crippen MR) is 89.5 cm³/mol. The van der Waals surface area contributed by atoms with Gasteiger partial charge in [-0.05, 0) is 13.0 Å². The third kappa shape index (κ3) is 3.94. The van der Waals surface area contributed by atoms with Crippen LogP contribution in [-0.2, 0) is 4.79 Å².